The molecule has 2 heterocycles. The third-order valence-electron chi connectivity index (χ3n) is 6.48. The summed E-state index contributed by atoms with van der Waals surface area (Å²) in [7, 11) is -4.48. The third-order valence-corrected chi connectivity index (χ3v) is 7.93. The Morgan fingerprint density at radius 2 is 1.94 bits per heavy atom. The van der Waals surface area contributed by atoms with Crippen LogP contribution < -0.4 is 4.72 Å². The van der Waals surface area contributed by atoms with Gasteiger partial charge in [-0.1, -0.05) is 19.8 Å². The van der Waals surface area contributed by atoms with E-state index in [0.29, 0.717) is 22.2 Å². The van der Waals surface area contributed by atoms with Gasteiger partial charge in [-0.15, -0.1) is 0 Å². The van der Waals surface area contributed by atoms with Crippen molar-refractivity contribution >= 4 is 20.9 Å². The molecule has 1 aromatic carbocycles. The number of alkyl halides is 3. The molecule has 1 aliphatic carbocycles. The van der Waals surface area contributed by atoms with Crippen molar-refractivity contribution in [2.45, 2.75) is 69.1 Å². The Labute approximate surface area is 200 Å². The van der Waals surface area contributed by atoms with E-state index in [0.717, 1.165) is 37.9 Å². The van der Waals surface area contributed by atoms with E-state index in [1.165, 1.54) is 19.1 Å². The van der Waals surface area contributed by atoms with E-state index in [4.69, 9.17) is 0 Å². The molecule has 1 N–H and O–H groups in total. The predicted molar refractivity (Wildman–Crippen MR) is 123 cm³/mol. The van der Waals surface area contributed by atoms with Gasteiger partial charge < -0.3 is 4.57 Å². The van der Waals surface area contributed by atoms with Gasteiger partial charge >= 0.3 is 6.18 Å². The van der Waals surface area contributed by atoms with Crippen molar-refractivity contribution in [1.82, 2.24) is 14.3 Å². The molecule has 6 nitrogen and oxygen atoms in total. The summed E-state index contributed by atoms with van der Waals surface area (Å²) in [6.07, 6.45) is -0.484. The molecular weight excluding hydrogens is 484 g/mol. The number of hydrogen-bond donors (Lipinski definition) is 1. The Hall–Kier alpha value is -2.97. The van der Waals surface area contributed by atoms with Crippen LogP contribution in [0.3, 0.4) is 0 Å². The highest BCUT2D eigenvalue weighted by molar-refractivity contribution is 7.89. The minimum Gasteiger partial charge on any atom is -0.335 e. The van der Waals surface area contributed by atoms with Gasteiger partial charge in [0.1, 0.15) is 22.8 Å². The number of hydrogen-bond acceptors (Lipinski definition) is 4. The van der Waals surface area contributed by atoms with Crippen molar-refractivity contribution in [1.29, 1.82) is 5.26 Å². The smallest absolute Gasteiger partial charge is 0.335 e. The summed E-state index contributed by atoms with van der Waals surface area (Å²) in [5.41, 5.74) is 2.07. The van der Waals surface area contributed by atoms with E-state index in [-0.39, 0.29) is 17.3 Å². The number of halogens is 4. The number of aryl methyl sites for hydroxylation is 1. The van der Waals surface area contributed by atoms with Gasteiger partial charge in [0.25, 0.3) is 0 Å². The Morgan fingerprint density at radius 3 is 2.49 bits per heavy atom. The Morgan fingerprint density at radius 1 is 1.26 bits per heavy atom. The number of sulfonamides is 1. The van der Waals surface area contributed by atoms with E-state index >= 15 is 0 Å². The second kappa shape index (κ2) is 9.24. The minimum absolute atomic E-state index is 0.0587. The molecule has 0 amide bonds. The van der Waals surface area contributed by atoms with Gasteiger partial charge in [0.2, 0.25) is 10.0 Å². The number of nitriles is 1. The van der Waals surface area contributed by atoms with Crippen LogP contribution in [0.2, 0.25) is 0 Å². The minimum atomic E-state index is -4.73. The van der Waals surface area contributed by atoms with Crippen molar-refractivity contribution in [3.63, 3.8) is 0 Å². The van der Waals surface area contributed by atoms with E-state index < -0.39 is 39.4 Å². The summed E-state index contributed by atoms with van der Waals surface area (Å²) in [6.45, 7) is 2.87. The third kappa shape index (κ3) is 4.65. The maximum atomic E-state index is 14.4. The van der Waals surface area contributed by atoms with E-state index in [2.05, 4.69) is 11.1 Å². The van der Waals surface area contributed by atoms with Crippen LogP contribution in [0.4, 0.5) is 17.6 Å². The van der Waals surface area contributed by atoms with Gasteiger partial charge in [0, 0.05) is 17.6 Å². The topological polar surface area (TPSA) is 87.8 Å². The molecule has 0 saturated heterocycles. The first-order valence-corrected chi connectivity index (χ1v) is 12.8. The van der Waals surface area contributed by atoms with E-state index in [1.54, 1.807) is 17.7 Å². The predicted octanol–water partition coefficient (Wildman–Crippen LogP) is 5.76. The molecule has 0 radical (unpaired) electrons. The molecule has 1 fully saturated rings. The number of fused-ring (bicyclic) bond motifs is 1. The average Bonchev–Trinajstić information content (AvgIpc) is 3.43. The number of nitrogens with zero attached hydrogens (tertiary/aromatic N) is 3. The standard InChI is InChI=1S/C24H24F4N4O2S/c1-3-22(24(26,27)28)31-35(33,34)16-8-9-20(30-13-16)23-18(12-29)17-11-19(25)14(2)10-21(17)32(23)15-6-4-5-7-15/h8-11,13,15,22,31H,3-7H2,1-2H3. The molecule has 35 heavy (non-hydrogen) atoms. The summed E-state index contributed by atoms with van der Waals surface area (Å²) in [4.78, 5) is 3.80. The molecular formula is C24H24F4N4O2S. The Kier molecular flexibility index (Phi) is 6.64. The molecule has 0 bridgehead atoms. The molecule has 4 rings (SSSR count). The van der Waals surface area contributed by atoms with Crippen molar-refractivity contribution in [2.24, 2.45) is 0 Å². The molecule has 1 aliphatic rings. The van der Waals surface area contributed by atoms with Crippen molar-refractivity contribution < 1.29 is 26.0 Å². The lowest BCUT2D eigenvalue weighted by Crippen LogP contribution is -2.44. The average molecular weight is 509 g/mol. The number of rotatable bonds is 6. The highest BCUT2D eigenvalue weighted by Crippen LogP contribution is 2.41. The van der Waals surface area contributed by atoms with Crippen LogP contribution in [0.1, 0.15) is 56.2 Å². The van der Waals surface area contributed by atoms with Gasteiger partial charge in [-0.05, 0) is 56.0 Å². The summed E-state index contributed by atoms with van der Waals surface area (Å²) in [6, 6.07) is 5.52. The van der Waals surface area contributed by atoms with E-state index in [9.17, 15) is 31.2 Å². The second-order valence-electron chi connectivity index (χ2n) is 8.77. The summed E-state index contributed by atoms with van der Waals surface area (Å²) in [5, 5.41) is 10.4. The fraction of sp³-hybridized carbons (Fsp3) is 0.417. The monoisotopic (exact) mass is 508 g/mol. The van der Waals surface area contributed by atoms with Gasteiger partial charge in [0.15, 0.2) is 0 Å². The van der Waals surface area contributed by atoms with Gasteiger partial charge in [-0.2, -0.15) is 23.2 Å². The first kappa shape index (κ1) is 25.1. The molecule has 1 saturated carbocycles. The molecule has 186 valence electrons. The van der Waals surface area contributed by atoms with Crippen LogP contribution in [-0.4, -0.2) is 30.2 Å². The number of pyridine rings is 1. The maximum Gasteiger partial charge on any atom is 0.404 e. The lowest BCUT2D eigenvalue weighted by molar-refractivity contribution is -0.151. The zero-order chi connectivity index (χ0) is 25.5. The van der Waals surface area contributed by atoms with Gasteiger partial charge in [-0.3, -0.25) is 4.98 Å². The quantitative estimate of drug-likeness (QED) is 0.429. The molecule has 1 unspecified atom stereocenters. The van der Waals surface area contributed by atoms with Crippen LogP contribution in [-0.2, 0) is 10.0 Å². The highest BCUT2D eigenvalue weighted by Gasteiger charge is 2.41. The number of nitrogens with one attached hydrogen (secondary N) is 1. The summed E-state index contributed by atoms with van der Waals surface area (Å²) < 4.78 is 82.4. The first-order chi connectivity index (χ1) is 16.5. The van der Waals surface area contributed by atoms with Crippen molar-refractivity contribution in [3.8, 4) is 17.5 Å². The fourth-order valence-electron chi connectivity index (χ4n) is 4.66. The summed E-state index contributed by atoms with van der Waals surface area (Å²) in [5.74, 6) is -0.445. The van der Waals surface area contributed by atoms with Crippen LogP contribution in [0.15, 0.2) is 35.4 Å². The van der Waals surface area contributed by atoms with Crippen LogP contribution in [0, 0.1) is 24.1 Å². The largest absolute Gasteiger partial charge is 0.404 e. The van der Waals surface area contributed by atoms with Gasteiger partial charge in [-0.25, -0.2) is 12.8 Å². The Balaban J connectivity index is 1.83. The molecule has 11 heteroatoms. The number of benzene rings is 1. The van der Waals surface area contributed by atoms with Gasteiger partial charge in [0.05, 0.1) is 22.5 Å². The van der Waals surface area contributed by atoms with Crippen LogP contribution in [0.25, 0.3) is 22.3 Å². The normalized spacial score (nSPS) is 16.0. The Bertz CT molecular complexity index is 1400. The molecule has 2 aromatic heterocycles. The molecule has 1 atom stereocenters. The van der Waals surface area contributed by atoms with E-state index in [1.807, 2.05) is 4.57 Å². The SMILES string of the molecule is CCC(NS(=O)(=O)c1ccc(-c2c(C#N)c3cc(F)c(C)cc3n2C2CCCC2)nc1)C(F)(F)F. The fourth-order valence-corrected chi connectivity index (χ4v) is 5.91. The number of aromatic nitrogens is 2. The lowest BCUT2D eigenvalue weighted by atomic mass is 10.1. The first-order valence-electron chi connectivity index (χ1n) is 11.3. The van der Waals surface area contributed by atoms with Crippen LogP contribution in [0.5, 0.6) is 0 Å². The molecule has 0 spiro atoms. The maximum absolute atomic E-state index is 14.4. The zero-order valence-corrected chi connectivity index (χ0v) is 20.0. The highest BCUT2D eigenvalue weighted by atomic mass is 32.2. The van der Waals surface area contributed by atoms with Crippen molar-refractivity contribution in [2.75, 3.05) is 0 Å². The van der Waals surface area contributed by atoms with Crippen molar-refractivity contribution in [3.05, 3.63) is 47.4 Å². The molecule has 0 aliphatic heterocycles. The summed E-state index contributed by atoms with van der Waals surface area (Å²) >= 11 is 0. The van der Waals surface area contributed by atoms with Crippen LogP contribution >= 0.6 is 0 Å². The molecule has 3 aromatic rings. The zero-order valence-electron chi connectivity index (χ0n) is 19.2. The lowest BCUT2D eigenvalue weighted by Gasteiger charge is -2.20. The second-order valence-corrected chi connectivity index (χ2v) is 10.5.